The third kappa shape index (κ3) is 2.83. The summed E-state index contributed by atoms with van der Waals surface area (Å²) in [4.78, 5) is 0. The van der Waals surface area contributed by atoms with Crippen molar-refractivity contribution >= 4 is 11.8 Å². The molecule has 0 saturated carbocycles. The second-order valence-corrected chi connectivity index (χ2v) is 4.83. The van der Waals surface area contributed by atoms with Crippen LogP contribution in [0.2, 0.25) is 0 Å². The van der Waals surface area contributed by atoms with Crippen molar-refractivity contribution in [3.05, 3.63) is 11.6 Å². The van der Waals surface area contributed by atoms with Crippen LogP contribution in [0.25, 0.3) is 0 Å². The minimum absolute atomic E-state index is 0.235. The molecule has 1 unspecified atom stereocenters. The van der Waals surface area contributed by atoms with Crippen molar-refractivity contribution in [3.63, 3.8) is 0 Å². The molecule has 1 N–H and O–H groups in total. The second-order valence-electron chi connectivity index (χ2n) is 3.68. The molecule has 1 aliphatic heterocycles. The third-order valence-corrected chi connectivity index (χ3v) is 3.53. The molecule has 1 heterocycles. The molecule has 1 nitrogen and oxygen atoms in total. The van der Waals surface area contributed by atoms with E-state index in [0.29, 0.717) is 5.92 Å². The third-order valence-electron chi connectivity index (χ3n) is 2.34. The lowest BCUT2D eigenvalue weighted by Gasteiger charge is -2.10. The number of hydrogen-bond acceptors (Lipinski definition) is 2. The highest BCUT2D eigenvalue weighted by Crippen LogP contribution is 2.26. The zero-order chi connectivity index (χ0) is 8.97. The fraction of sp³-hybridized carbons (Fsp3) is 0.800. The summed E-state index contributed by atoms with van der Waals surface area (Å²) in [6.45, 7) is 4.52. The first-order valence-corrected chi connectivity index (χ1v) is 5.78. The molecule has 0 aromatic carbocycles. The molecular weight excluding hydrogens is 168 g/mol. The van der Waals surface area contributed by atoms with Crippen LogP contribution in [0.15, 0.2) is 11.6 Å². The zero-order valence-corrected chi connectivity index (χ0v) is 8.73. The van der Waals surface area contributed by atoms with Gasteiger partial charge in [0.1, 0.15) is 0 Å². The summed E-state index contributed by atoms with van der Waals surface area (Å²) in [5, 5.41) is 9.08. The van der Waals surface area contributed by atoms with Crippen molar-refractivity contribution in [3.8, 4) is 0 Å². The molecule has 0 bridgehead atoms. The number of aliphatic hydroxyl groups is 1. The van der Waals surface area contributed by atoms with Gasteiger partial charge in [0.25, 0.3) is 0 Å². The highest BCUT2D eigenvalue weighted by atomic mass is 32.2. The highest BCUT2D eigenvalue weighted by Gasteiger charge is 2.14. The maximum Gasteiger partial charge on any atom is 0.0644 e. The van der Waals surface area contributed by atoms with Crippen molar-refractivity contribution in [1.82, 2.24) is 0 Å². The quantitative estimate of drug-likeness (QED) is 0.683. The van der Waals surface area contributed by atoms with Gasteiger partial charge >= 0.3 is 0 Å². The molecule has 1 rings (SSSR count). The molecule has 12 heavy (non-hydrogen) atoms. The Bertz CT molecular complexity index is 157. The second kappa shape index (κ2) is 4.93. The topological polar surface area (TPSA) is 20.2 Å². The van der Waals surface area contributed by atoms with E-state index in [-0.39, 0.29) is 6.61 Å². The number of allylic oxidation sites excluding steroid dienone is 1. The normalized spacial score (nSPS) is 25.3. The Morgan fingerprint density at radius 2 is 2.42 bits per heavy atom. The summed E-state index contributed by atoms with van der Waals surface area (Å²) >= 11 is 2.02. The molecule has 0 aliphatic carbocycles. The van der Waals surface area contributed by atoms with Crippen LogP contribution in [0.5, 0.6) is 0 Å². The summed E-state index contributed by atoms with van der Waals surface area (Å²) in [7, 11) is 0. The van der Waals surface area contributed by atoms with E-state index in [2.05, 4.69) is 19.9 Å². The molecule has 1 aliphatic rings. The van der Waals surface area contributed by atoms with E-state index in [1.54, 1.807) is 0 Å². The van der Waals surface area contributed by atoms with E-state index in [1.807, 2.05) is 11.8 Å². The molecule has 0 aromatic rings. The Morgan fingerprint density at radius 3 is 2.83 bits per heavy atom. The Balaban J connectivity index is 2.50. The van der Waals surface area contributed by atoms with Crippen molar-refractivity contribution in [1.29, 1.82) is 0 Å². The lowest BCUT2D eigenvalue weighted by Crippen LogP contribution is -2.03. The average Bonchev–Trinajstić information content (AvgIpc) is 2.51. The largest absolute Gasteiger partial charge is 0.392 e. The van der Waals surface area contributed by atoms with E-state index in [9.17, 15) is 0 Å². The Hall–Kier alpha value is 0.0500. The van der Waals surface area contributed by atoms with E-state index in [4.69, 9.17) is 5.11 Å². The summed E-state index contributed by atoms with van der Waals surface area (Å²) in [5.74, 6) is 3.76. The van der Waals surface area contributed by atoms with Crippen molar-refractivity contribution in [2.45, 2.75) is 20.3 Å². The van der Waals surface area contributed by atoms with Gasteiger partial charge in [-0.2, -0.15) is 11.8 Å². The molecule has 0 amide bonds. The predicted molar refractivity (Wildman–Crippen MR) is 55.4 cm³/mol. The zero-order valence-electron chi connectivity index (χ0n) is 7.92. The molecule has 0 spiro atoms. The molecule has 70 valence electrons. The monoisotopic (exact) mass is 186 g/mol. The van der Waals surface area contributed by atoms with Gasteiger partial charge in [-0.1, -0.05) is 19.9 Å². The lowest BCUT2D eigenvalue weighted by atomic mass is 9.98. The first-order valence-electron chi connectivity index (χ1n) is 4.63. The Morgan fingerprint density at radius 1 is 1.67 bits per heavy atom. The average molecular weight is 186 g/mol. The first-order chi connectivity index (χ1) is 5.74. The van der Waals surface area contributed by atoms with Crippen molar-refractivity contribution in [2.75, 3.05) is 18.1 Å². The van der Waals surface area contributed by atoms with Gasteiger partial charge in [0.15, 0.2) is 0 Å². The van der Waals surface area contributed by atoms with Crippen LogP contribution in [0.4, 0.5) is 0 Å². The fourth-order valence-electron chi connectivity index (χ4n) is 1.41. The van der Waals surface area contributed by atoms with Crippen LogP contribution < -0.4 is 0 Å². The summed E-state index contributed by atoms with van der Waals surface area (Å²) in [5.41, 5.74) is 1.21. The molecule has 1 fully saturated rings. The highest BCUT2D eigenvalue weighted by molar-refractivity contribution is 7.99. The van der Waals surface area contributed by atoms with Crippen LogP contribution in [0.1, 0.15) is 20.3 Å². The van der Waals surface area contributed by atoms with E-state index in [1.165, 1.54) is 23.5 Å². The smallest absolute Gasteiger partial charge is 0.0644 e. The maximum absolute atomic E-state index is 9.08. The molecule has 1 atom stereocenters. The van der Waals surface area contributed by atoms with Crippen molar-refractivity contribution in [2.24, 2.45) is 11.8 Å². The molecule has 0 radical (unpaired) electrons. The van der Waals surface area contributed by atoms with Gasteiger partial charge in [-0.15, -0.1) is 0 Å². The molecule has 1 saturated heterocycles. The van der Waals surface area contributed by atoms with Gasteiger partial charge in [-0.05, 0) is 35.3 Å². The van der Waals surface area contributed by atoms with Gasteiger partial charge < -0.3 is 5.11 Å². The van der Waals surface area contributed by atoms with Crippen molar-refractivity contribution < 1.29 is 5.11 Å². The fourth-order valence-corrected chi connectivity index (χ4v) is 2.62. The van der Waals surface area contributed by atoms with Crippen LogP contribution in [-0.4, -0.2) is 23.2 Å². The lowest BCUT2D eigenvalue weighted by molar-refractivity contribution is 0.317. The van der Waals surface area contributed by atoms with Crippen LogP contribution >= 0.6 is 11.8 Å². The predicted octanol–water partition coefficient (Wildman–Crippen LogP) is 2.31. The van der Waals surface area contributed by atoms with Gasteiger partial charge in [-0.25, -0.2) is 0 Å². The summed E-state index contributed by atoms with van der Waals surface area (Å²) in [6.07, 6.45) is 3.57. The Kier molecular flexibility index (Phi) is 4.16. The maximum atomic E-state index is 9.08. The van der Waals surface area contributed by atoms with E-state index < -0.39 is 0 Å². The first kappa shape index (κ1) is 10.1. The number of thioether (sulfide) groups is 1. The molecule has 2 heteroatoms. The van der Waals surface area contributed by atoms with Gasteiger partial charge in [0, 0.05) is 0 Å². The number of rotatable bonds is 3. The molecule has 0 aromatic heterocycles. The minimum Gasteiger partial charge on any atom is -0.392 e. The number of hydrogen-bond donors (Lipinski definition) is 1. The van der Waals surface area contributed by atoms with E-state index in [0.717, 1.165) is 5.92 Å². The minimum atomic E-state index is 0.235. The van der Waals surface area contributed by atoms with E-state index >= 15 is 0 Å². The standard InChI is InChI=1S/C10H18OS/c1-8(2)10(6-11)5-9-3-4-12-7-9/h5,8-9,11H,3-4,6-7H2,1-2H3. The summed E-state index contributed by atoms with van der Waals surface area (Å²) < 4.78 is 0. The SMILES string of the molecule is CC(C)C(=CC1CCSC1)CO. The Labute approximate surface area is 79.2 Å². The molecular formula is C10H18OS. The van der Waals surface area contributed by atoms with Crippen LogP contribution in [-0.2, 0) is 0 Å². The van der Waals surface area contributed by atoms with Gasteiger partial charge in [0.2, 0.25) is 0 Å². The summed E-state index contributed by atoms with van der Waals surface area (Å²) in [6, 6.07) is 0. The van der Waals surface area contributed by atoms with Gasteiger partial charge in [0.05, 0.1) is 6.61 Å². The van der Waals surface area contributed by atoms with Crippen LogP contribution in [0.3, 0.4) is 0 Å². The van der Waals surface area contributed by atoms with Crippen LogP contribution in [0, 0.1) is 11.8 Å². The number of aliphatic hydroxyl groups excluding tert-OH is 1. The van der Waals surface area contributed by atoms with Gasteiger partial charge in [-0.3, -0.25) is 0 Å².